The number of nitrogens with one attached hydrogen (secondary N) is 1. The van der Waals surface area contributed by atoms with Crippen LogP contribution in [0, 0.1) is 23.1 Å². The van der Waals surface area contributed by atoms with Gasteiger partial charge in [0, 0.05) is 36.8 Å². The molecule has 1 aliphatic carbocycles. The van der Waals surface area contributed by atoms with Crippen molar-refractivity contribution < 1.29 is 4.39 Å². The molecule has 174 valence electrons. The normalized spacial score (nSPS) is 18.2. The van der Waals surface area contributed by atoms with Crippen LogP contribution in [0.4, 0.5) is 10.2 Å². The third kappa shape index (κ3) is 4.25. The van der Waals surface area contributed by atoms with E-state index in [2.05, 4.69) is 10.4 Å². The summed E-state index contributed by atoms with van der Waals surface area (Å²) in [6, 6.07) is 12.4. The summed E-state index contributed by atoms with van der Waals surface area (Å²) in [5.74, 6) is 0.386. The van der Waals surface area contributed by atoms with Crippen molar-refractivity contribution in [1.82, 2.24) is 19.6 Å². The van der Waals surface area contributed by atoms with Crippen LogP contribution >= 0.6 is 11.6 Å². The molecule has 2 aromatic heterocycles. The lowest BCUT2D eigenvalue weighted by Crippen LogP contribution is -2.31. The molecule has 0 spiro atoms. The first-order valence-corrected chi connectivity index (χ1v) is 11.7. The van der Waals surface area contributed by atoms with E-state index in [0.29, 0.717) is 34.6 Å². The van der Waals surface area contributed by atoms with E-state index in [9.17, 15) is 4.39 Å². The number of aryl methyl sites for hydroxylation is 1. The number of nitriles is 1. The molecule has 0 unspecified atom stereocenters. The average Bonchev–Trinajstić information content (AvgIpc) is 3.35. The van der Waals surface area contributed by atoms with Gasteiger partial charge in [0.2, 0.25) is 0 Å². The molecule has 2 aromatic carbocycles. The molecular formula is C25H25ClFN7. The predicted octanol–water partition coefficient (Wildman–Crippen LogP) is 5.02. The number of hydrogen-bond donors (Lipinski definition) is 2. The van der Waals surface area contributed by atoms with E-state index in [1.807, 2.05) is 37.5 Å². The van der Waals surface area contributed by atoms with Gasteiger partial charge in [-0.05, 0) is 55.5 Å². The number of fused-ring (bicyclic) bond motifs is 1. The number of hydrogen-bond acceptors (Lipinski definition) is 5. The van der Waals surface area contributed by atoms with Gasteiger partial charge in [-0.3, -0.25) is 4.68 Å². The van der Waals surface area contributed by atoms with Gasteiger partial charge in [0.25, 0.3) is 0 Å². The molecule has 34 heavy (non-hydrogen) atoms. The molecular weight excluding hydrogens is 453 g/mol. The summed E-state index contributed by atoms with van der Waals surface area (Å²) in [4.78, 5) is 0. The summed E-state index contributed by atoms with van der Waals surface area (Å²) in [5.41, 5.74) is 8.86. The number of halogens is 2. The first-order valence-electron chi connectivity index (χ1n) is 11.3. The second-order valence-corrected chi connectivity index (χ2v) is 9.33. The van der Waals surface area contributed by atoms with E-state index < -0.39 is 5.82 Å². The summed E-state index contributed by atoms with van der Waals surface area (Å²) in [7, 11) is 1.87. The minimum atomic E-state index is -0.600. The monoisotopic (exact) mass is 477 g/mol. The number of anilines is 1. The first kappa shape index (κ1) is 22.4. The van der Waals surface area contributed by atoms with Crippen LogP contribution in [0.25, 0.3) is 27.8 Å². The van der Waals surface area contributed by atoms with Crippen molar-refractivity contribution in [2.24, 2.45) is 18.7 Å². The molecule has 0 amide bonds. The third-order valence-corrected chi connectivity index (χ3v) is 6.78. The quantitative estimate of drug-likeness (QED) is 0.420. The summed E-state index contributed by atoms with van der Waals surface area (Å²) in [6.07, 6.45) is 6.20. The Kier molecular flexibility index (Phi) is 5.98. The minimum absolute atomic E-state index is 0.0188. The minimum Gasteiger partial charge on any atom is -0.367 e. The van der Waals surface area contributed by atoms with E-state index in [1.54, 1.807) is 15.4 Å². The highest BCUT2D eigenvalue weighted by Crippen LogP contribution is 2.37. The van der Waals surface area contributed by atoms with Gasteiger partial charge in [-0.1, -0.05) is 24.1 Å². The van der Waals surface area contributed by atoms with E-state index in [1.165, 1.54) is 12.1 Å². The summed E-state index contributed by atoms with van der Waals surface area (Å²) in [5, 5.41) is 23.1. The first-order chi connectivity index (χ1) is 16.4. The molecule has 4 aromatic rings. The van der Waals surface area contributed by atoms with Gasteiger partial charge in [0.15, 0.2) is 5.82 Å². The van der Waals surface area contributed by atoms with Crippen LogP contribution in [0.1, 0.15) is 31.2 Å². The fourth-order valence-electron chi connectivity index (χ4n) is 4.73. The Bertz CT molecular complexity index is 1400. The van der Waals surface area contributed by atoms with Gasteiger partial charge in [-0.15, -0.1) is 5.10 Å². The van der Waals surface area contributed by atoms with Crippen molar-refractivity contribution in [1.29, 1.82) is 5.26 Å². The molecule has 3 N–H and O–H groups in total. The molecule has 1 saturated carbocycles. The molecule has 9 heteroatoms. The highest BCUT2D eigenvalue weighted by molar-refractivity contribution is 6.35. The number of aromatic nitrogens is 4. The Morgan fingerprint density at radius 3 is 2.85 bits per heavy atom. The zero-order valence-corrected chi connectivity index (χ0v) is 19.6. The molecule has 2 atom stereocenters. The van der Waals surface area contributed by atoms with Crippen LogP contribution in [0.15, 0.2) is 42.6 Å². The lowest BCUT2D eigenvalue weighted by Gasteiger charge is -2.26. The van der Waals surface area contributed by atoms with E-state index in [-0.39, 0.29) is 11.6 Å². The lowest BCUT2D eigenvalue weighted by molar-refractivity contribution is 0.335. The highest BCUT2D eigenvalue weighted by Gasteiger charge is 2.23. The zero-order valence-electron chi connectivity index (χ0n) is 18.8. The van der Waals surface area contributed by atoms with Crippen molar-refractivity contribution in [3.8, 4) is 23.0 Å². The number of benzene rings is 2. The van der Waals surface area contributed by atoms with Crippen LogP contribution in [0.2, 0.25) is 5.02 Å². The van der Waals surface area contributed by atoms with Gasteiger partial charge >= 0.3 is 0 Å². The molecule has 0 bridgehead atoms. The van der Waals surface area contributed by atoms with Gasteiger partial charge in [0.1, 0.15) is 16.9 Å². The molecule has 2 heterocycles. The van der Waals surface area contributed by atoms with Crippen molar-refractivity contribution in [2.45, 2.75) is 31.7 Å². The van der Waals surface area contributed by atoms with Gasteiger partial charge in [-0.2, -0.15) is 10.4 Å². The Hall–Kier alpha value is -3.41. The SMILES string of the molecule is Cn1cc2cc(-n3nc(NC[C@@H]4CCC[C@@H](N)C4)c(Cl)c3-c3ccc(C#N)c(F)c3)ccc2n1. The van der Waals surface area contributed by atoms with Crippen LogP contribution < -0.4 is 11.1 Å². The predicted molar refractivity (Wildman–Crippen MR) is 131 cm³/mol. The van der Waals surface area contributed by atoms with E-state index >= 15 is 0 Å². The molecule has 1 fully saturated rings. The smallest absolute Gasteiger partial charge is 0.168 e. The lowest BCUT2D eigenvalue weighted by atomic mass is 9.86. The fraction of sp³-hybridized carbons (Fsp3) is 0.320. The number of nitrogens with two attached hydrogens (primary N) is 1. The van der Waals surface area contributed by atoms with Crippen LogP contribution in [-0.4, -0.2) is 32.1 Å². The fourth-order valence-corrected chi connectivity index (χ4v) is 5.02. The van der Waals surface area contributed by atoms with Gasteiger partial charge in [0.05, 0.1) is 22.5 Å². The standard InChI is InChI=1S/C25H25ClFN7/c1-33-14-18-10-20(7-8-22(18)31-33)34-24(16-5-6-17(12-28)21(27)11-16)23(26)25(32-34)30-13-15-3-2-4-19(29)9-15/h5-8,10-11,14-15,19H,2-4,9,13,29H2,1H3,(H,30,32)/t15-,19-/m1/s1. The highest BCUT2D eigenvalue weighted by atomic mass is 35.5. The number of nitrogens with zero attached hydrogens (tertiary/aromatic N) is 5. The molecule has 5 rings (SSSR count). The Labute approximate surface area is 201 Å². The van der Waals surface area contributed by atoms with Crippen molar-refractivity contribution in [2.75, 3.05) is 11.9 Å². The largest absolute Gasteiger partial charge is 0.367 e. The maximum atomic E-state index is 14.5. The van der Waals surface area contributed by atoms with Crippen molar-refractivity contribution >= 4 is 28.3 Å². The summed E-state index contributed by atoms with van der Waals surface area (Å²) >= 11 is 6.83. The summed E-state index contributed by atoms with van der Waals surface area (Å²) in [6.45, 7) is 0.716. The third-order valence-electron chi connectivity index (χ3n) is 6.42. The number of rotatable bonds is 5. The Balaban J connectivity index is 1.57. The van der Waals surface area contributed by atoms with Gasteiger partial charge < -0.3 is 11.1 Å². The van der Waals surface area contributed by atoms with Gasteiger partial charge in [-0.25, -0.2) is 9.07 Å². The van der Waals surface area contributed by atoms with Crippen LogP contribution in [0.5, 0.6) is 0 Å². The molecule has 0 aliphatic heterocycles. The second-order valence-electron chi connectivity index (χ2n) is 8.95. The summed E-state index contributed by atoms with van der Waals surface area (Å²) < 4.78 is 18.0. The van der Waals surface area contributed by atoms with Crippen molar-refractivity contribution in [3.05, 3.63) is 59.0 Å². The molecule has 0 radical (unpaired) electrons. The van der Waals surface area contributed by atoms with Crippen LogP contribution in [-0.2, 0) is 7.05 Å². The second kappa shape index (κ2) is 9.09. The zero-order chi connectivity index (χ0) is 23.8. The molecule has 0 saturated heterocycles. The topological polar surface area (TPSA) is 97.5 Å². The molecule has 7 nitrogen and oxygen atoms in total. The van der Waals surface area contributed by atoms with Crippen molar-refractivity contribution in [3.63, 3.8) is 0 Å². The van der Waals surface area contributed by atoms with E-state index in [4.69, 9.17) is 27.7 Å². The molecule has 1 aliphatic rings. The van der Waals surface area contributed by atoms with Crippen LogP contribution in [0.3, 0.4) is 0 Å². The van der Waals surface area contributed by atoms with E-state index in [0.717, 1.165) is 42.3 Å². The maximum absolute atomic E-state index is 14.5. The Morgan fingerprint density at radius 2 is 2.09 bits per heavy atom. The maximum Gasteiger partial charge on any atom is 0.168 e. The Morgan fingerprint density at radius 1 is 1.24 bits per heavy atom. The average molecular weight is 478 g/mol.